The van der Waals surface area contributed by atoms with Crippen LogP contribution in [0.3, 0.4) is 0 Å². The van der Waals surface area contributed by atoms with E-state index in [0.717, 1.165) is 44.0 Å². The first-order valence-electron chi connectivity index (χ1n) is 7.64. The topological polar surface area (TPSA) is 39.3 Å². The van der Waals surface area contributed by atoms with E-state index in [9.17, 15) is 4.79 Å². The molecule has 4 nitrogen and oxygen atoms in total. The molecule has 1 aromatic heterocycles. The maximum atomic E-state index is 11.6. The minimum Gasteiger partial charge on any atom is -0.369 e. The highest BCUT2D eigenvalue weighted by Crippen LogP contribution is 2.22. The predicted molar refractivity (Wildman–Crippen MR) is 91.8 cm³/mol. The molecule has 0 bridgehead atoms. The van der Waals surface area contributed by atoms with Gasteiger partial charge in [-0.1, -0.05) is 30.7 Å². The van der Waals surface area contributed by atoms with Crippen molar-refractivity contribution in [1.29, 1.82) is 0 Å². The molecule has 1 aliphatic heterocycles. The van der Waals surface area contributed by atoms with Crippen molar-refractivity contribution in [3.05, 3.63) is 51.8 Å². The zero-order valence-electron chi connectivity index (χ0n) is 12.7. The minimum absolute atomic E-state index is 0.217. The van der Waals surface area contributed by atoms with Gasteiger partial charge >= 0.3 is 0 Å². The summed E-state index contributed by atoms with van der Waals surface area (Å²) < 4.78 is 0. The van der Waals surface area contributed by atoms with Gasteiger partial charge in [-0.3, -0.25) is 4.79 Å². The van der Waals surface area contributed by atoms with Crippen LogP contribution in [0.25, 0.3) is 11.3 Å². The van der Waals surface area contributed by atoms with Gasteiger partial charge < -0.3 is 14.8 Å². The molecule has 0 unspecified atom stereocenters. The van der Waals surface area contributed by atoms with E-state index in [1.165, 1.54) is 5.69 Å². The van der Waals surface area contributed by atoms with Gasteiger partial charge in [0.05, 0.1) is 0 Å². The van der Waals surface area contributed by atoms with Crippen molar-refractivity contribution >= 4 is 17.3 Å². The van der Waals surface area contributed by atoms with E-state index in [1.807, 2.05) is 18.2 Å². The number of likely N-dealkylation sites (N-methyl/N-ethyl adjacent to an activating group) is 1. The van der Waals surface area contributed by atoms with Crippen LogP contribution >= 0.6 is 11.6 Å². The van der Waals surface area contributed by atoms with Crippen LogP contribution < -0.4 is 10.5 Å². The fourth-order valence-corrected chi connectivity index (χ4v) is 2.91. The molecule has 0 aliphatic carbocycles. The van der Waals surface area contributed by atoms with E-state index < -0.39 is 0 Å². The zero-order valence-corrected chi connectivity index (χ0v) is 13.4. The maximum absolute atomic E-state index is 11.6. The third kappa shape index (κ3) is 3.18. The van der Waals surface area contributed by atoms with Crippen LogP contribution in [0.15, 0.2) is 41.2 Å². The lowest BCUT2D eigenvalue weighted by atomic mass is 10.1. The van der Waals surface area contributed by atoms with Crippen LogP contribution in [0.4, 0.5) is 5.69 Å². The third-order valence-corrected chi connectivity index (χ3v) is 4.52. The van der Waals surface area contributed by atoms with Crippen LogP contribution in [0.2, 0.25) is 5.02 Å². The molecule has 0 radical (unpaired) electrons. The van der Waals surface area contributed by atoms with Gasteiger partial charge in [-0.15, -0.1) is 0 Å². The summed E-state index contributed by atoms with van der Waals surface area (Å²) in [6, 6.07) is 11.8. The Balaban J connectivity index is 1.75. The summed E-state index contributed by atoms with van der Waals surface area (Å²) >= 11 is 5.76. The number of hydrogen-bond donors (Lipinski definition) is 1. The number of anilines is 1. The monoisotopic (exact) mass is 317 g/mol. The van der Waals surface area contributed by atoms with Crippen molar-refractivity contribution in [3.8, 4) is 11.3 Å². The Bertz CT molecular complexity index is 688. The van der Waals surface area contributed by atoms with Crippen molar-refractivity contribution in [2.75, 3.05) is 37.6 Å². The second-order valence-corrected chi connectivity index (χ2v) is 5.92. The van der Waals surface area contributed by atoms with E-state index in [0.29, 0.717) is 0 Å². The van der Waals surface area contributed by atoms with E-state index >= 15 is 0 Å². The SMILES string of the molecule is CCN1CCN(c2ccc(-c3ccc(Cl)c(=O)[nH]3)cc2)CC1. The normalized spacial score (nSPS) is 16.0. The lowest BCUT2D eigenvalue weighted by molar-refractivity contribution is 0.271. The summed E-state index contributed by atoms with van der Waals surface area (Å²) in [5.74, 6) is 0. The van der Waals surface area contributed by atoms with E-state index in [-0.39, 0.29) is 10.6 Å². The summed E-state index contributed by atoms with van der Waals surface area (Å²) in [4.78, 5) is 19.2. The van der Waals surface area contributed by atoms with Gasteiger partial charge in [-0.2, -0.15) is 0 Å². The average Bonchev–Trinajstić information content (AvgIpc) is 2.58. The first kappa shape index (κ1) is 15.1. The highest BCUT2D eigenvalue weighted by Gasteiger charge is 2.15. The standard InChI is InChI=1S/C17H20ClN3O/c1-2-20-9-11-21(12-10-20)14-5-3-13(4-6-14)16-8-7-15(18)17(22)19-16/h3-8H,2,9-12H2,1H3,(H,19,22). The van der Waals surface area contributed by atoms with Gasteiger partial charge in [-0.05, 0) is 36.4 Å². The number of aromatic amines is 1. The molecule has 0 atom stereocenters. The minimum atomic E-state index is -0.251. The number of pyridine rings is 1. The maximum Gasteiger partial charge on any atom is 0.267 e. The van der Waals surface area contributed by atoms with Gasteiger partial charge in [0.25, 0.3) is 5.56 Å². The highest BCUT2D eigenvalue weighted by molar-refractivity contribution is 6.30. The molecular formula is C17H20ClN3O. The second-order valence-electron chi connectivity index (χ2n) is 5.52. The molecule has 1 saturated heterocycles. The number of rotatable bonds is 3. The molecule has 0 amide bonds. The Kier molecular flexibility index (Phi) is 4.50. The molecule has 1 aromatic carbocycles. The second kappa shape index (κ2) is 6.55. The first-order valence-corrected chi connectivity index (χ1v) is 8.01. The van der Waals surface area contributed by atoms with Crippen LogP contribution in [-0.4, -0.2) is 42.6 Å². The molecule has 116 valence electrons. The van der Waals surface area contributed by atoms with Crippen LogP contribution in [0, 0.1) is 0 Å². The third-order valence-electron chi connectivity index (χ3n) is 4.22. The van der Waals surface area contributed by atoms with E-state index in [1.54, 1.807) is 6.07 Å². The average molecular weight is 318 g/mol. The molecule has 0 spiro atoms. The Hall–Kier alpha value is -1.78. The van der Waals surface area contributed by atoms with Crippen molar-refractivity contribution in [2.24, 2.45) is 0 Å². The number of aromatic nitrogens is 1. The van der Waals surface area contributed by atoms with Gasteiger partial charge in [0.1, 0.15) is 5.02 Å². The molecule has 0 saturated carbocycles. The summed E-state index contributed by atoms with van der Waals surface area (Å²) in [6.45, 7) is 7.68. The molecule has 2 aromatic rings. The van der Waals surface area contributed by atoms with Gasteiger partial charge in [-0.25, -0.2) is 0 Å². The van der Waals surface area contributed by atoms with Gasteiger partial charge in [0.2, 0.25) is 0 Å². The smallest absolute Gasteiger partial charge is 0.267 e. The molecule has 1 N–H and O–H groups in total. The Morgan fingerprint density at radius 2 is 1.73 bits per heavy atom. The molecule has 1 aliphatic rings. The van der Waals surface area contributed by atoms with Crippen molar-refractivity contribution < 1.29 is 0 Å². The van der Waals surface area contributed by atoms with Gasteiger partial charge in [0, 0.05) is 37.6 Å². The first-order chi connectivity index (χ1) is 10.7. The van der Waals surface area contributed by atoms with Crippen LogP contribution in [0.1, 0.15) is 6.92 Å². The molecule has 5 heteroatoms. The van der Waals surface area contributed by atoms with Crippen molar-refractivity contribution in [3.63, 3.8) is 0 Å². The largest absolute Gasteiger partial charge is 0.369 e. The van der Waals surface area contributed by atoms with Crippen molar-refractivity contribution in [2.45, 2.75) is 6.92 Å². The number of nitrogens with zero attached hydrogens (tertiary/aromatic N) is 2. The fraction of sp³-hybridized carbons (Fsp3) is 0.353. The summed E-state index contributed by atoms with van der Waals surface area (Å²) in [5, 5.41) is 0.217. The zero-order chi connectivity index (χ0) is 15.5. The number of nitrogens with one attached hydrogen (secondary N) is 1. The molecule has 1 fully saturated rings. The van der Waals surface area contributed by atoms with Crippen LogP contribution in [-0.2, 0) is 0 Å². The Morgan fingerprint density at radius 3 is 2.32 bits per heavy atom. The van der Waals surface area contributed by atoms with Gasteiger partial charge in [0.15, 0.2) is 0 Å². The molecule has 22 heavy (non-hydrogen) atoms. The summed E-state index contributed by atoms with van der Waals surface area (Å²) in [7, 11) is 0. The molecular weight excluding hydrogens is 298 g/mol. The quantitative estimate of drug-likeness (QED) is 0.946. The number of hydrogen-bond acceptors (Lipinski definition) is 3. The van der Waals surface area contributed by atoms with E-state index in [2.05, 4.69) is 33.8 Å². The molecule has 3 rings (SSSR count). The lowest BCUT2D eigenvalue weighted by Crippen LogP contribution is -2.46. The number of halogens is 1. The van der Waals surface area contributed by atoms with E-state index in [4.69, 9.17) is 11.6 Å². The number of H-pyrrole nitrogens is 1. The lowest BCUT2D eigenvalue weighted by Gasteiger charge is -2.35. The Morgan fingerprint density at radius 1 is 1.05 bits per heavy atom. The summed E-state index contributed by atoms with van der Waals surface area (Å²) in [6.07, 6.45) is 0. The highest BCUT2D eigenvalue weighted by atomic mass is 35.5. The number of benzene rings is 1. The van der Waals surface area contributed by atoms with Crippen LogP contribution in [0.5, 0.6) is 0 Å². The van der Waals surface area contributed by atoms with Crippen molar-refractivity contribution in [1.82, 2.24) is 9.88 Å². The number of piperazine rings is 1. The molecule has 2 heterocycles. The predicted octanol–water partition coefficient (Wildman–Crippen LogP) is 2.84. The Labute approximate surface area is 135 Å². The summed E-state index contributed by atoms with van der Waals surface area (Å²) in [5.41, 5.74) is 2.76. The fourth-order valence-electron chi connectivity index (χ4n) is 2.80.